The number of aliphatic imine (C=N–C) groups is 1. The van der Waals surface area contributed by atoms with Crippen LogP contribution in [0.1, 0.15) is 19.4 Å². The Morgan fingerprint density at radius 2 is 1.86 bits per heavy atom. The fourth-order valence-electron chi connectivity index (χ4n) is 1.96. The molecule has 0 saturated heterocycles. The zero-order valence-corrected chi connectivity index (χ0v) is 13.1. The summed E-state index contributed by atoms with van der Waals surface area (Å²) in [5, 5.41) is 0. The fourth-order valence-corrected chi connectivity index (χ4v) is 1.96. The number of benzene rings is 2. The molecule has 4 heteroatoms. The highest BCUT2D eigenvalue weighted by atomic mass is 16.5. The van der Waals surface area contributed by atoms with E-state index in [2.05, 4.69) is 4.99 Å². The predicted molar refractivity (Wildman–Crippen MR) is 90.4 cm³/mol. The Hall–Kier alpha value is -2.62. The molecule has 0 saturated carbocycles. The second kappa shape index (κ2) is 7.41. The van der Waals surface area contributed by atoms with E-state index in [0.29, 0.717) is 6.61 Å². The van der Waals surface area contributed by atoms with Crippen LogP contribution in [0.2, 0.25) is 0 Å². The maximum atomic E-state index is 11.3. The molecule has 0 bridgehead atoms. The molecule has 0 heterocycles. The van der Waals surface area contributed by atoms with Gasteiger partial charge in [0.15, 0.2) is 0 Å². The Labute approximate surface area is 131 Å². The second-order valence-corrected chi connectivity index (χ2v) is 4.82. The van der Waals surface area contributed by atoms with Gasteiger partial charge in [0, 0.05) is 31.4 Å². The lowest BCUT2D eigenvalue weighted by Crippen LogP contribution is -2.22. The number of hydrogen-bond acceptors (Lipinski definition) is 3. The van der Waals surface area contributed by atoms with Gasteiger partial charge in [0.2, 0.25) is 5.91 Å². The number of anilines is 1. The highest BCUT2D eigenvalue weighted by Crippen LogP contribution is 2.21. The Morgan fingerprint density at radius 1 is 1.18 bits per heavy atom. The van der Waals surface area contributed by atoms with Gasteiger partial charge in [0.05, 0.1) is 12.3 Å². The first-order valence-corrected chi connectivity index (χ1v) is 7.22. The quantitative estimate of drug-likeness (QED) is 0.787. The fraction of sp³-hybridized carbons (Fsp3) is 0.222. The molecule has 22 heavy (non-hydrogen) atoms. The Kier molecular flexibility index (Phi) is 5.31. The molecule has 0 aliphatic rings. The standard InChI is InChI=1S/C18H20N2O2/c1-4-22-18-8-6-5-7-15(18)13-19-16-9-11-17(12-10-16)20(3)14(2)21/h5-13H,4H2,1-3H3. The maximum absolute atomic E-state index is 11.3. The SMILES string of the molecule is CCOc1ccccc1C=Nc1ccc(N(C)C(C)=O)cc1. The molecule has 0 aliphatic heterocycles. The minimum Gasteiger partial charge on any atom is -0.493 e. The van der Waals surface area contributed by atoms with Crippen LogP contribution in [0.4, 0.5) is 11.4 Å². The van der Waals surface area contributed by atoms with Crippen LogP contribution in [0.25, 0.3) is 0 Å². The van der Waals surface area contributed by atoms with Gasteiger partial charge in [-0.2, -0.15) is 0 Å². The zero-order chi connectivity index (χ0) is 15.9. The molecule has 0 N–H and O–H groups in total. The molecule has 0 atom stereocenters. The molecule has 4 nitrogen and oxygen atoms in total. The third-order valence-corrected chi connectivity index (χ3v) is 3.28. The Morgan fingerprint density at radius 3 is 2.50 bits per heavy atom. The third-order valence-electron chi connectivity index (χ3n) is 3.28. The largest absolute Gasteiger partial charge is 0.493 e. The van der Waals surface area contributed by atoms with E-state index in [4.69, 9.17) is 4.74 Å². The van der Waals surface area contributed by atoms with Gasteiger partial charge in [0.1, 0.15) is 5.75 Å². The van der Waals surface area contributed by atoms with E-state index in [1.54, 1.807) is 18.2 Å². The highest BCUT2D eigenvalue weighted by Gasteiger charge is 2.04. The van der Waals surface area contributed by atoms with E-state index >= 15 is 0 Å². The average Bonchev–Trinajstić information content (AvgIpc) is 2.54. The topological polar surface area (TPSA) is 41.9 Å². The zero-order valence-electron chi connectivity index (χ0n) is 13.1. The van der Waals surface area contributed by atoms with Crippen molar-refractivity contribution in [2.24, 2.45) is 4.99 Å². The van der Waals surface area contributed by atoms with Crippen molar-refractivity contribution in [1.82, 2.24) is 0 Å². The number of carbonyl (C=O) groups excluding carboxylic acids is 1. The predicted octanol–water partition coefficient (Wildman–Crippen LogP) is 3.82. The number of carbonyl (C=O) groups is 1. The lowest BCUT2D eigenvalue weighted by atomic mass is 10.2. The molecule has 2 rings (SSSR count). The summed E-state index contributed by atoms with van der Waals surface area (Å²) < 4.78 is 5.57. The molecular formula is C18H20N2O2. The van der Waals surface area contributed by atoms with Crippen LogP contribution in [-0.2, 0) is 4.79 Å². The summed E-state index contributed by atoms with van der Waals surface area (Å²) in [7, 11) is 1.75. The molecule has 2 aromatic carbocycles. The summed E-state index contributed by atoms with van der Waals surface area (Å²) in [4.78, 5) is 17.4. The van der Waals surface area contributed by atoms with E-state index in [1.165, 1.54) is 6.92 Å². The second-order valence-electron chi connectivity index (χ2n) is 4.82. The molecule has 0 unspecified atom stereocenters. The number of nitrogens with zero attached hydrogens (tertiary/aromatic N) is 2. The van der Waals surface area contributed by atoms with Gasteiger partial charge >= 0.3 is 0 Å². The summed E-state index contributed by atoms with van der Waals surface area (Å²) >= 11 is 0. The first-order valence-electron chi connectivity index (χ1n) is 7.22. The van der Waals surface area contributed by atoms with Gasteiger partial charge in [-0.05, 0) is 43.3 Å². The third kappa shape index (κ3) is 3.95. The molecule has 0 radical (unpaired) electrons. The van der Waals surface area contributed by atoms with E-state index in [0.717, 1.165) is 22.7 Å². The van der Waals surface area contributed by atoms with Crippen molar-refractivity contribution in [1.29, 1.82) is 0 Å². The Balaban J connectivity index is 2.15. The van der Waals surface area contributed by atoms with Gasteiger partial charge in [-0.15, -0.1) is 0 Å². The van der Waals surface area contributed by atoms with Crippen molar-refractivity contribution < 1.29 is 9.53 Å². The summed E-state index contributed by atoms with van der Waals surface area (Å²) in [5.74, 6) is 0.823. The lowest BCUT2D eigenvalue weighted by Gasteiger charge is -2.14. The van der Waals surface area contributed by atoms with Gasteiger partial charge in [-0.3, -0.25) is 9.79 Å². The molecule has 0 fully saturated rings. The molecule has 0 aliphatic carbocycles. The van der Waals surface area contributed by atoms with Crippen LogP contribution >= 0.6 is 0 Å². The van der Waals surface area contributed by atoms with Gasteiger partial charge < -0.3 is 9.64 Å². The number of amides is 1. The smallest absolute Gasteiger partial charge is 0.223 e. The van der Waals surface area contributed by atoms with E-state index in [-0.39, 0.29) is 5.91 Å². The van der Waals surface area contributed by atoms with Crippen LogP contribution in [0.15, 0.2) is 53.5 Å². The van der Waals surface area contributed by atoms with Crippen molar-refractivity contribution in [3.8, 4) is 5.75 Å². The van der Waals surface area contributed by atoms with Crippen LogP contribution in [0, 0.1) is 0 Å². The van der Waals surface area contributed by atoms with Crippen molar-refractivity contribution >= 4 is 23.5 Å². The molecule has 2 aromatic rings. The maximum Gasteiger partial charge on any atom is 0.223 e. The first-order chi connectivity index (χ1) is 10.6. The summed E-state index contributed by atoms with van der Waals surface area (Å²) in [5.41, 5.74) is 2.61. The normalized spacial score (nSPS) is 10.7. The minimum absolute atomic E-state index is 0.00175. The molecule has 114 valence electrons. The van der Waals surface area contributed by atoms with Crippen LogP contribution < -0.4 is 9.64 Å². The van der Waals surface area contributed by atoms with Crippen molar-refractivity contribution in [2.45, 2.75) is 13.8 Å². The monoisotopic (exact) mass is 296 g/mol. The van der Waals surface area contributed by atoms with Crippen molar-refractivity contribution in [3.63, 3.8) is 0 Å². The molecule has 0 aromatic heterocycles. The highest BCUT2D eigenvalue weighted by molar-refractivity contribution is 5.91. The molecule has 1 amide bonds. The van der Waals surface area contributed by atoms with Gasteiger partial charge in [0.25, 0.3) is 0 Å². The number of hydrogen-bond donors (Lipinski definition) is 0. The van der Waals surface area contributed by atoms with Crippen molar-refractivity contribution in [3.05, 3.63) is 54.1 Å². The number of rotatable bonds is 5. The van der Waals surface area contributed by atoms with E-state index < -0.39 is 0 Å². The van der Waals surface area contributed by atoms with Crippen LogP contribution in [0.5, 0.6) is 5.75 Å². The summed E-state index contributed by atoms with van der Waals surface area (Å²) in [6.45, 7) is 4.12. The lowest BCUT2D eigenvalue weighted by molar-refractivity contribution is -0.116. The van der Waals surface area contributed by atoms with Gasteiger partial charge in [-0.25, -0.2) is 0 Å². The summed E-state index contributed by atoms with van der Waals surface area (Å²) in [6, 6.07) is 15.3. The number of ether oxygens (including phenoxy) is 1. The Bertz CT molecular complexity index is 663. The van der Waals surface area contributed by atoms with Crippen LogP contribution in [0.3, 0.4) is 0 Å². The first kappa shape index (κ1) is 15.8. The van der Waals surface area contributed by atoms with E-state index in [1.807, 2.05) is 55.5 Å². The average molecular weight is 296 g/mol. The minimum atomic E-state index is 0.00175. The van der Waals surface area contributed by atoms with Gasteiger partial charge in [-0.1, -0.05) is 12.1 Å². The molecule has 0 spiro atoms. The number of para-hydroxylation sites is 1. The van der Waals surface area contributed by atoms with Crippen molar-refractivity contribution in [2.75, 3.05) is 18.6 Å². The molecular weight excluding hydrogens is 276 g/mol. The van der Waals surface area contributed by atoms with E-state index in [9.17, 15) is 4.79 Å². The summed E-state index contributed by atoms with van der Waals surface area (Å²) in [6.07, 6.45) is 1.79. The van der Waals surface area contributed by atoms with Crippen LogP contribution in [-0.4, -0.2) is 25.8 Å².